The first-order valence-electron chi connectivity index (χ1n) is 7.41. The van der Waals surface area contributed by atoms with E-state index < -0.39 is 18.1 Å². The molecule has 6 heteroatoms. The zero-order valence-corrected chi connectivity index (χ0v) is 12.3. The fourth-order valence-corrected chi connectivity index (χ4v) is 3.03. The van der Waals surface area contributed by atoms with E-state index in [0.29, 0.717) is 6.42 Å². The average molecular weight is 302 g/mol. The van der Waals surface area contributed by atoms with E-state index in [4.69, 9.17) is 4.74 Å². The van der Waals surface area contributed by atoms with E-state index in [-0.39, 0.29) is 30.9 Å². The highest BCUT2D eigenvalue weighted by molar-refractivity contribution is 5.96. The van der Waals surface area contributed by atoms with Gasteiger partial charge in [-0.25, -0.2) is 9.69 Å². The Hall–Kier alpha value is -2.37. The van der Waals surface area contributed by atoms with Crippen LogP contribution in [0, 0.1) is 11.8 Å². The zero-order chi connectivity index (χ0) is 15.7. The normalized spacial score (nSPS) is 28.2. The van der Waals surface area contributed by atoms with E-state index in [1.807, 2.05) is 30.3 Å². The summed E-state index contributed by atoms with van der Waals surface area (Å²) in [6.07, 6.45) is -0.171. The zero-order valence-electron chi connectivity index (χ0n) is 12.3. The van der Waals surface area contributed by atoms with E-state index >= 15 is 0 Å². The van der Waals surface area contributed by atoms with Gasteiger partial charge >= 0.3 is 6.09 Å². The molecule has 3 amide bonds. The van der Waals surface area contributed by atoms with Crippen LogP contribution in [0.1, 0.15) is 24.9 Å². The Morgan fingerprint density at radius 1 is 1.27 bits per heavy atom. The molecule has 0 saturated carbocycles. The number of cyclic esters (lactones) is 1. The van der Waals surface area contributed by atoms with Crippen LogP contribution in [0.5, 0.6) is 0 Å². The molecular weight excluding hydrogens is 284 g/mol. The lowest BCUT2D eigenvalue weighted by Gasteiger charge is -2.35. The summed E-state index contributed by atoms with van der Waals surface area (Å²) in [6.45, 7) is 2.30. The molecule has 0 unspecified atom stereocenters. The Bertz CT molecular complexity index is 601. The van der Waals surface area contributed by atoms with Gasteiger partial charge in [-0.3, -0.25) is 9.59 Å². The lowest BCUT2D eigenvalue weighted by molar-refractivity contribution is -0.138. The summed E-state index contributed by atoms with van der Waals surface area (Å²) in [6, 6.07) is 8.96. The number of imide groups is 1. The molecule has 0 spiro atoms. The molecule has 2 saturated heterocycles. The second-order valence-corrected chi connectivity index (χ2v) is 5.74. The minimum atomic E-state index is -0.596. The Kier molecular flexibility index (Phi) is 3.83. The van der Waals surface area contributed by atoms with Gasteiger partial charge < -0.3 is 10.1 Å². The van der Waals surface area contributed by atoms with Crippen molar-refractivity contribution < 1.29 is 19.1 Å². The molecule has 2 aliphatic heterocycles. The summed E-state index contributed by atoms with van der Waals surface area (Å²) >= 11 is 0. The van der Waals surface area contributed by atoms with Gasteiger partial charge in [0.05, 0.1) is 18.5 Å². The Balaban J connectivity index is 1.89. The van der Waals surface area contributed by atoms with Gasteiger partial charge in [-0.1, -0.05) is 37.3 Å². The SMILES string of the molecule is C[C@@H]1C[C@@H](C(=O)N2CCOC2=O)[C@H](c2ccccc2)NC1=O. The number of hydrogen-bond acceptors (Lipinski definition) is 4. The number of hydrogen-bond donors (Lipinski definition) is 1. The van der Waals surface area contributed by atoms with Gasteiger partial charge in [0, 0.05) is 5.92 Å². The molecule has 116 valence electrons. The van der Waals surface area contributed by atoms with Crippen molar-refractivity contribution in [2.75, 3.05) is 13.2 Å². The predicted octanol–water partition coefficient (Wildman–Crippen LogP) is 1.48. The van der Waals surface area contributed by atoms with Gasteiger partial charge in [-0.2, -0.15) is 0 Å². The quantitative estimate of drug-likeness (QED) is 0.898. The van der Waals surface area contributed by atoms with Gasteiger partial charge in [0.1, 0.15) is 6.61 Å². The van der Waals surface area contributed by atoms with Gasteiger partial charge in [-0.05, 0) is 12.0 Å². The molecule has 3 atom stereocenters. The van der Waals surface area contributed by atoms with Crippen LogP contribution in [0.3, 0.4) is 0 Å². The number of ether oxygens (including phenoxy) is 1. The highest BCUT2D eigenvalue weighted by Crippen LogP contribution is 2.34. The minimum absolute atomic E-state index is 0.0677. The van der Waals surface area contributed by atoms with Gasteiger partial charge in [-0.15, -0.1) is 0 Å². The molecule has 0 bridgehead atoms. The Morgan fingerprint density at radius 2 is 2.00 bits per heavy atom. The van der Waals surface area contributed by atoms with Crippen LogP contribution in [0.15, 0.2) is 30.3 Å². The second kappa shape index (κ2) is 5.79. The molecule has 2 aliphatic rings. The van der Waals surface area contributed by atoms with Gasteiger partial charge in [0.25, 0.3) is 0 Å². The maximum atomic E-state index is 12.7. The second-order valence-electron chi connectivity index (χ2n) is 5.74. The number of nitrogens with zero attached hydrogens (tertiary/aromatic N) is 1. The molecule has 1 aromatic carbocycles. The standard InChI is InChI=1S/C16H18N2O4/c1-10-9-12(15(20)18-7-8-22-16(18)21)13(17-14(10)19)11-5-3-2-4-6-11/h2-6,10,12-13H,7-9H2,1H3,(H,17,19)/t10-,12-,13+/m1/s1. The van der Waals surface area contributed by atoms with Gasteiger partial charge in [0.15, 0.2) is 0 Å². The number of carbonyl (C=O) groups is 3. The van der Waals surface area contributed by atoms with Crippen molar-refractivity contribution in [1.29, 1.82) is 0 Å². The molecule has 0 aliphatic carbocycles. The van der Waals surface area contributed by atoms with Crippen molar-refractivity contribution >= 4 is 17.9 Å². The first-order chi connectivity index (χ1) is 10.6. The highest BCUT2D eigenvalue weighted by atomic mass is 16.6. The maximum absolute atomic E-state index is 12.7. The molecule has 2 heterocycles. The van der Waals surface area contributed by atoms with Crippen LogP contribution < -0.4 is 5.32 Å². The van der Waals surface area contributed by atoms with E-state index in [0.717, 1.165) is 10.5 Å². The van der Waals surface area contributed by atoms with Crippen molar-refractivity contribution in [3.8, 4) is 0 Å². The van der Waals surface area contributed by atoms with Crippen molar-refractivity contribution in [3.63, 3.8) is 0 Å². The number of carbonyl (C=O) groups excluding carboxylic acids is 3. The predicted molar refractivity (Wildman–Crippen MR) is 77.7 cm³/mol. The summed E-state index contributed by atoms with van der Waals surface area (Å²) in [5.74, 6) is -1.06. The first kappa shape index (κ1) is 14.6. The van der Waals surface area contributed by atoms with E-state index in [1.54, 1.807) is 6.92 Å². The molecule has 3 rings (SSSR count). The van der Waals surface area contributed by atoms with Crippen LogP contribution in [0.25, 0.3) is 0 Å². The maximum Gasteiger partial charge on any atom is 0.416 e. The van der Waals surface area contributed by atoms with Crippen molar-refractivity contribution in [2.24, 2.45) is 11.8 Å². The third kappa shape index (κ3) is 2.56. The smallest absolute Gasteiger partial charge is 0.416 e. The summed E-state index contributed by atoms with van der Waals surface area (Å²) < 4.78 is 4.85. The highest BCUT2D eigenvalue weighted by Gasteiger charge is 2.43. The largest absolute Gasteiger partial charge is 0.447 e. The van der Waals surface area contributed by atoms with Crippen molar-refractivity contribution in [3.05, 3.63) is 35.9 Å². The first-order valence-corrected chi connectivity index (χ1v) is 7.41. The van der Waals surface area contributed by atoms with E-state index in [1.165, 1.54) is 0 Å². The average Bonchev–Trinajstić information content (AvgIpc) is 2.96. The number of benzene rings is 1. The molecule has 1 N–H and O–H groups in total. The lowest BCUT2D eigenvalue weighted by atomic mass is 9.81. The number of rotatable bonds is 2. The third-order valence-corrected chi connectivity index (χ3v) is 4.26. The van der Waals surface area contributed by atoms with Crippen LogP contribution in [-0.2, 0) is 14.3 Å². The van der Waals surface area contributed by atoms with Crippen molar-refractivity contribution in [2.45, 2.75) is 19.4 Å². The molecule has 22 heavy (non-hydrogen) atoms. The topological polar surface area (TPSA) is 75.7 Å². The van der Waals surface area contributed by atoms with Gasteiger partial charge in [0.2, 0.25) is 11.8 Å². The fraction of sp³-hybridized carbons (Fsp3) is 0.438. The van der Waals surface area contributed by atoms with E-state index in [9.17, 15) is 14.4 Å². The molecule has 0 aromatic heterocycles. The number of piperidine rings is 1. The molecule has 0 radical (unpaired) electrons. The summed E-state index contributed by atoms with van der Waals surface area (Å²) in [4.78, 5) is 37.5. The van der Waals surface area contributed by atoms with Crippen molar-refractivity contribution in [1.82, 2.24) is 10.2 Å². The Labute approximate surface area is 128 Å². The lowest BCUT2D eigenvalue weighted by Crippen LogP contribution is -2.50. The summed E-state index contributed by atoms with van der Waals surface area (Å²) in [7, 11) is 0. The number of amides is 3. The Morgan fingerprint density at radius 3 is 2.64 bits per heavy atom. The van der Waals surface area contributed by atoms with E-state index in [2.05, 4.69) is 5.32 Å². The number of nitrogens with one attached hydrogen (secondary N) is 1. The fourth-order valence-electron chi connectivity index (χ4n) is 3.03. The monoisotopic (exact) mass is 302 g/mol. The summed E-state index contributed by atoms with van der Waals surface area (Å²) in [5.41, 5.74) is 0.869. The third-order valence-electron chi connectivity index (χ3n) is 4.26. The molecule has 1 aromatic rings. The minimum Gasteiger partial charge on any atom is -0.447 e. The van der Waals surface area contributed by atoms with Crippen LogP contribution >= 0.6 is 0 Å². The molecule has 6 nitrogen and oxygen atoms in total. The van der Waals surface area contributed by atoms with Crippen LogP contribution in [0.2, 0.25) is 0 Å². The molecule has 2 fully saturated rings. The molecular formula is C16H18N2O4. The summed E-state index contributed by atoms with van der Waals surface area (Å²) in [5, 5.41) is 2.91. The van der Waals surface area contributed by atoms with Crippen LogP contribution in [0.4, 0.5) is 4.79 Å². The van der Waals surface area contributed by atoms with Crippen LogP contribution in [-0.4, -0.2) is 36.0 Å².